The van der Waals surface area contributed by atoms with Gasteiger partial charge in [0, 0.05) is 54.1 Å². The summed E-state index contributed by atoms with van der Waals surface area (Å²) < 4.78 is 26.2. The fraction of sp³-hybridized carbons (Fsp3) is 0.278. The zero-order valence-electron chi connectivity index (χ0n) is 15.4. The number of rotatable bonds is 3. The van der Waals surface area contributed by atoms with Crippen molar-refractivity contribution < 1.29 is 13.2 Å². The van der Waals surface area contributed by atoms with Crippen LogP contribution >= 0.6 is 23.2 Å². The Kier molecular flexibility index (Phi) is 5.24. The minimum absolute atomic E-state index is 0.242. The molecule has 1 amide bonds. The van der Waals surface area contributed by atoms with Crippen LogP contribution in [0.15, 0.2) is 36.5 Å². The van der Waals surface area contributed by atoms with E-state index in [0.29, 0.717) is 34.5 Å². The summed E-state index contributed by atoms with van der Waals surface area (Å²) in [6, 6.07) is 8.53. The highest BCUT2D eigenvalue weighted by atomic mass is 35.5. The van der Waals surface area contributed by atoms with Gasteiger partial charge in [-0.05, 0) is 24.3 Å². The van der Waals surface area contributed by atoms with Gasteiger partial charge < -0.3 is 4.90 Å². The first-order valence-electron chi connectivity index (χ1n) is 8.78. The molecule has 0 spiro atoms. The molecule has 8 nitrogen and oxygen atoms in total. The standard InChI is InChI=1S/C18H17Cl2N5O3S/c1-29(27,28)24-6-4-23(5-7-24)18(26)15-11-17-21-3-2-16(25(17)22-15)12-8-13(19)10-14(20)9-12/h2-3,8-11H,4-7H2,1H3. The Morgan fingerprint density at radius 1 is 1.03 bits per heavy atom. The number of aromatic nitrogens is 3. The predicted molar refractivity (Wildman–Crippen MR) is 111 cm³/mol. The smallest absolute Gasteiger partial charge is 0.274 e. The van der Waals surface area contributed by atoms with Crippen LogP contribution in [0.25, 0.3) is 16.9 Å². The molecule has 1 aliphatic rings. The second-order valence-corrected chi connectivity index (χ2v) is 9.60. The van der Waals surface area contributed by atoms with E-state index in [1.54, 1.807) is 45.9 Å². The molecule has 11 heteroatoms. The molecule has 0 atom stereocenters. The van der Waals surface area contributed by atoms with Crippen molar-refractivity contribution >= 4 is 44.8 Å². The Labute approximate surface area is 177 Å². The number of amides is 1. The molecule has 29 heavy (non-hydrogen) atoms. The molecule has 1 saturated heterocycles. The van der Waals surface area contributed by atoms with E-state index < -0.39 is 10.0 Å². The topological polar surface area (TPSA) is 87.9 Å². The van der Waals surface area contributed by atoms with Crippen LogP contribution in [-0.4, -0.2) is 70.6 Å². The Morgan fingerprint density at radius 3 is 2.31 bits per heavy atom. The third-order valence-electron chi connectivity index (χ3n) is 4.73. The van der Waals surface area contributed by atoms with E-state index in [9.17, 15) is 13.2 Å². The van der Waals surface area contributed by atoms with Gasteiger partial charge in [-0.15, -0.1) is 0 Å². The van der Waals surface area contributed by atoms with Gasteiger partial charge in [-0.3, -0.25) is 4.79 Å². The lowest BCUT2D eigenvalue weighted by molar-refractivity contribution is 0.0692. The van der Waals surface area contributed by atoms with E-state index in [1.807, 2.05) is 0 Å². The third kappa shape index (κ3) is 4.09. The van der Waals surface area contributed by atoms with Crippen LogP contribution < -0.4 is 0 Å². The molecule has 0 radical (unpaired) electrons. The molecule has 2 aromatic heterocycles. The fourth-order valence-electron chi connectivity index (χ4n) is 3.30. The SMILES string of the molecule is CS(=O)(=O)N1CCN(C(=O)c2cc3nccc(-c4cc(Cl)cc(Cl)c4)n3n2)CC1. The van der Waals surface area contributed by atoms with Gasteiger partial charge >= 0.3 is 0 Å². The number of fused-ring (bicyclic) bond motifs is 1. The fourth-order valence-corrected chi connectivity index (χ4v) is 4.66. The maximum atomic E-state index is 12.9. The van der Waals surface area contributed by atoms with Crippen LogP contribution in [0.5, 0.6) is 0 Å². The number of benzene rings is 1. The molecule has 0 aliphatic carbocycles. The van der Waals surface area contributed by atoms with Crippen LogP contribution in [0, 0.1) is 0 Å². The van der Waals surface area contributed by atoms with E-state index in [1.165, 1.54) is 10.6 Å². The van der Waals surface area contributed by atoms with Crippen molar-refractivity contribution in [2.45, 2.75) is 0 Å². The molecule has 152 valence electrons. The molecule has 0 N–H and O–H groups in total. The van der Waals surface area contributed by atoms with Gasteiger partial charge in [-0.2, -0.15) is 9.40 Å². The first-order valence-corrected chi connectivity index (χ1v) is 11.4. The van der Waals surface area contributed by atoms with Crippen LogP contribution in [0.3, 0.4) is 0 Å². The second kappa shape index (κ2) is 7.56. The molecule has 1 aromatic carbocycles. The molecule has 1 fully saturated rings. The predicted octanol–water partition coefficient (Wildman–Crippen LogP) is 2.42. The maximum absolute atomic E-state index is 12.9. The molecule has 0 saturated carbocycles. The molecular formula is C18H17Cl2N5O3S. The van der Waals surface area contributed by atoms with Crippen molar-refractivity contribution in [1.29, 1.82) is 0 Å². The van der Waals surface area contributed by atoms with E-state index in [2.05, 4.69) is 10.1 Å². The highest BCUT2D eigenvalue weighted by Crippen LogP contribution is 2.27. The molecule has 3 heterocycles. The highest BCUT2D eigenvalue weighted by Gasteiger charge is 2.28. The molecule has 0 bridgehead atoms. The van der Waals surface area contributed by atoms with Gasteiger partial charge in [0.25, 0.3) is 5.91 Å². The Morgan fingerprint density at radius 2 is 1.69 bits per heavy atom. The van der Waals surface area contributed by atoms with Crippen LogP contribution in [-0.2, 0) is 10.0 Å². The van der Waals surface area contributed by atoms with Crippen LogP contribution in [0.1, 0.15) is 10.5 Å². The molecular weight excluding hydrogens is 437 g/mol. The Balaban J connectivity index is 1.64. The second-order valence-electron chi connectivity index (χ2n) is 6.74. The van der Waals surface area contributed by atoms with Gasteiger partial charge in [0.1, 0.15) is 0 Å². The summed E-state index contributed by atoms with van der Waals surface area (Å²) in [6.45, 7) is 1.15. The zero-order valence-corrected chi connectivity index (χ0v) is 17.7. The van der Waals surface area contributed by atoms with Crippen molar-refractivity contribution in [3.05, 3.63) is 52.3 Å². The summed E-state index contributed by atoms with van der Waals surface area (Å²) in [6.07, 6.45) is 2.79. The van der Waals surface area contributed by atoms with Gasteiger partial charge in [0.05, 0.1) is 11.9 Å². The van der Waals surface area contributed by atoms with E-state index >= 15 is 0 Å². The number of hydrogen-bond acceptors (Lipinski definition) is 5. The van der Waals surface area contributed by atoms with Crippen molar-refractivity contribution in [1.82, 2.24) is 23.8 Å². The van der Waals surface area contributed by atoms with E-state index in [4.69, 9.17) is 23.2 Å². The first-order chi connectivity index (χ1) is 13.7. The summed E-state index contributed by atoms with van der Waals surface area (Å²) in [4.78, 5) is 18.8. The number of sulfonamides is 1. The molecule has 1 aliphatic heterocycles. The van der Waals surface area contributed by atoms with Gasteiger partial charge in [0.15, 0.2) is 11.3 Å². The number of nitrogens with zero attached hydrogens (tertiary/aromatic N) is 5. The molecule has 4 rings (SSSR count). The number of hydrogen-bond donors (Lipinski definition) is 0. The summed E-state index contributed by atoms with van der Waals surface area (Å²) in [5.41, 5.74) is 2.20. The first kappa shape index (κ1) is 20.1. The Hall–Kier alpha value is -2.20. The number of halogens is 2. The van der Waals surface area contributed by atoms with Crippen molar-refractivity contribution in [2.75, 3.05) is 32.4 Å². The van der Waals surface area contributed by atoms with Gasteiger partial charge in [-0.1, -0.05) is 23.2 Å². The lowest BCUT2D eigenvalue weighted by Gasteiger charge is -2.32. The average molecular weight is 454 g/mol. The lowest BCUT2D eigenvalue weighted by atomic mass is 10.1. The van der Waals surface area contributed by atoms with Crippen LogP contribution in [0.4, 0.5) is 0 Å². The number of carbonyl (C=O) groups excluding carboxylic acids is 1. The molecule has 3 aromatic rings. The molecule has 0 unspecified atom stereocenters. The highest BCUT2D eigenvalue weighted by molar-refractivity contribution is 7.88. The van der Waals surface area contributed by atoms with Crippen molar-refractivity contribution in [3.63, 3.8) is 0 Å². The van der Waals surface area contributed by atoms with E-state index in [-0.39, 0.29) is 24.7 Å². The quantitative estimate of drug-likeness (QED) is 0.607. The van der Waals surface area contributed by atoms with Crippen molar-refractivity contribution in [3.8, 4) is 11.3 Å². The van der Waals surface area contributed by atoms with Gasteiger partial charge in [-0.25, -0.2) is 17.9 Å². The Bertz CT molecular complexity index is 1180. The minimum atomic E-state index is -3.26. The summed E-state index contributed by atoms with van der Waals surface area (Å²) in [5, 5.41) is 5.42. The van der Waals surface area contributed by atoms with E-state index in [0.717, 1.165) is 5.56 Å². The minimum Gasteiger partial charge on any atom is -0.335 e. The van der Waals surface area contributed by atoms with Crippen molar-refractivity contribution in [2.24, 2.45) is 0 Å². The normalized spacial score (nSPS) is 15.8. The number of piperazine rings is 1. The summed E-state index contributed by atoms with van der Waals surface area (Å²) >= 11 is 12.2. The maximum Gasteiger partial charge on any atom is 0.274 e. The summed E-state index contributed by atoms with van der Waals surface area (Å²) in [5.74, 6) is -0.265. The largest absolute Gasteiger partial charge is 0.335 e. The monoisotopic (exact) mass is 453 g/mol. The average Bonchev–Trinajstić information content (AvgIpc) is 3.10. The van der Waals surface area contributed by atoms with Gasteiger partial charge in [0.2, 0.25) is 10.0 Å². The lowest BCUT2D eigenvalue weighted by Crippen LogP contribution is -2.50. The number of carbonyl (C=O) groups is 1. The third-order valence-corrected chi connectivity index (χ3v) is 6.47. The van der Waals surface area contributed by atoms with Crippen LogP contribution in [0.2, 0.25) is 10.0 Å². The zero-order chi connectivity index (χ0) is 20.8. The summed E-state index contributed by atoms with van der Waals surface area (Å²) in [7, 11) is -3.26.